The van der Waals surface area contributed by atoms with Crippen LogP contribution in [0.4, 0.5) is 5.13 Å². The van der Waals surface area contributed by atoms with Crippen LogP contribution in [0.15, 0.2) is 0 Å². The van der Waals surface area contributed by atoms with Gasteiger partial charge in [0.2, 0.25) is 5.91 Å². The Labute approximate surface area is 103 Å². The second-order valence-corrected chi connectivity index (χ2v) is 5.07. The molecule has 1 atom stereocenters. The van der Waals surface area contributed by atoms with E-state index in [0.717, 1.165) is 18.5 Å². The number of aromatic nitrogens is 1. The number of anilines is 1. The lowest BCUT2D eigenvalue weighted by atomic mass is 10.0. The van der Waals surface area contributed by atoms with Crippen LogP contribution in [-0.4, -0.2) is 22.7 Å². The lowest BCUT2D eigenvalue weighted by molar-refractivity contribution is -0.117. The van der Waals surface area contributed by atoms with Gasteiger partial charge < -0.3 is 11.1 Å². The maximum atomic E-state index is 11.6. The first-order valence-corrected chi connectivity index (χ1v) is 6.52. The molecule has 0 fully saturated rings. The summed E-state index contributed by atoms with van der Waals surface area (Å²) in [5.41, 5.74) is 6.42. The first kappa shape index (κ1) is 12.2. The van der Waals surface area contributed by atoms with Crippen molar-refractivity contribution in [3.05, 3.63) is 10.6 Å². The molecule has 0 aromatic carbocycles. The van der Waals surface area contributed by atoms with E-state index in [1.807, 2.05) is 6.92 Å². The second kappa shape index (κ2) is 4.93. The van der Waals surface area contributed by atoms with Crippen LogP contribution in [-0.2, 0) is 11.2 Å². The van der Waals surface area contributed by atoms with Gasteiger partial charge in [-0.15, -0.1) is 0 Å². The van der Waals surface area contributed by atoms with Gasteiger partial charge in [0.05, 0.1) is 16.6 Å². The minimum atomic E-state index is -0.522. The second-order valence-electron chi connectivity index (χ2n) is 4.08. The fraction of sp³-hybridized carbons (Fsp3) is 0.545. The number of amides is 1. The van der Waals surface area contributed by atoms with E-state index < -0.39 is 6.04 Å². The van der Waals surface area contributed by atoms with Crippen LogP contribution < -0.4 is 11.1 Å². The van der Waals surface area contributed by atoms with Gasteiger partial charge in [0.15, 0.2) is 10.9 Å². The normalized spacial score (nSPS) is 16.5. The van der Waals surface area contributed by atoms with Crippen molar-refractivity contribution >= 4 is 28.2 Å². The SMILES string of the molecule is CCC(N)C(=O)Nc1nc2c(s1)C(=O)CCC2. The maximum Gasteiger partial charge on any atom is 0.243 e. The van der Waals surface area contributed by atoms with E-state index in [0.29, 0.717) is 22.9 Å². The van der Waals surface area contributed by atoms with Gasteiger partial charge in [0.1, 0.15) is 0 Å². The number of nitrogens with one attached hydrogen (secondary N) is 1. The Morgan fingerprint density at radius 3 is 3.00 bits per heavy atom. The minimum absolute atomic E-state index is 0.129. The fourth-order valence-electron chi connectivity index (χ4n) is 1.71. The minimum Gasteiger partial charge on any atom is -0.320 e. The van der Waals surface area contributed by atoms with Crippen molar-refractivity contribution in [1.82, 2.24) is 4.98 Å². The Hall–Kier alpha value is -1.27. The summed E-state index contributed by atoms with van der Waals surface area (Å²) in [5, 5.41) is 3.15. The Bertz CT molecular complexity index is 456. The van der Waals surface area contributed by atoms with Crippen LogP contribution in [0.25, 0.3) is 0 Å². The number of fused-ring (bicyclic) bond motifs is 1. The largest absolute Gasteiger partial charge is 0.320 e. The molecular weight excluding hydrogens is 238 g/mol. The number of carbonyl (C=O) groups is 2. The average molecular weight is 253 g/mol. The van der Waals surface area contributed by atoms with Crippen molar-refractivity contribution in [1.29, 1.82) is 0 Å². The summed E-state index contributed by atoms with van der Waals surface area (Å²) in [6, 6.07) is -0.522. The monoisotopic (exact) mass is 253 g/mol. The quantitative estimate of drug-likeness (QED) is 0.851. The van der Waals surface area contributed by atoms with E-state index in [4.69, 9.17) is 5.73 Å². The van der Waals surface area contributed by atoms with Gasteiger partial charge in [-0.2, -0.15) is 0 Å². The van der Waals surface area contributed by atoms with Gasteiger partial charge in [-0.1, -0.05) is 18.3 Å². The molecule has 3 N–H and O–H groups in total. The van der Waals surface area contributed by atoms with Crippen molar-refractivity contribution in [2.45, 2.75) is 38.6 Å². The Morgan fingerprint density at radius 1 is 1.59 bits per heavy atom. The smallest absolute Gasteiger partial charge is 0.243 e. The van der Waals surface area contributed by atoms with E-state index >= 15 is 0 Å². The molecule has 0 spiro atoms. The molecule has 1 aliphatic rings. The summed E-state index contributed by atoms with van der Waals surface area (Å²) in [6.45, 7) is 1.85. The third-order valence-corrected chi connectivity index (χ3v) is 3.83. The highest BCUT2D eigenvalue weighted by atomic mass is 32.1. The molecular formula is C11H15N3O2S. The molecule has 1 aromatic heterocycles. The predicted octanol–water partition coefficient (Wildman–Crippen LogP) is 1.34. The molecule has 1 amide bonds. The Kier molecular flexibility index (Phi) is 3.54. The first-order chi connectivity index (χ1) is 8.11. The van der Waals surface area contributed by atoms with E-state index in [-0.39, 0.29) is 11.7 Å². The number of hydrogen-bond acceptors (Lipinski definition) is 5. The topological polar surface area (TPSA) is 85.1 Å². The molecule has 1 aromatic rings. The molecule has 5 nitrogen and oxygen atoms in total. The zero-order valence-electron chi connectivity index (χ0n) is 9.66. The number of aryl methyl sites for hydroxylation is 1. The zero-order valence-corrected chi connectivity index (χ0v) is 10.5. The van der Waals surface area contributed by atoms with E-state index in [1.54, 1.807) is 0 Å². The third kappa shape index (κ3) is 2.53. The van der Waals surface area contributed by atoms with Crippen LogP contribution in [0.5, 0.6) is 0 Å². The molecule has 1 unspecified atom stereocenters. The highest BCUT2D eigenvalue weighted by Crippen LogP contribution is 2.29. The van der Waals surface area contributed by atoms with Gasteiger partial charge in [0, 0.05) is 6.42 Å². The third-order valence-electron chi connectivity index (χ3n) is 2.77. The van der Waals surface area contributed by atoms with Crippen LogP contribution >= 0.6 is 11.3 Å². The molecule has 0 bridgehead atoms. The lowest BCUT2D eigenvalue weighted by Gasteiger charge is -2.06. The lowest BCUT2D eigenvalue weighted by Crippen LogP contribution is -2.34. The highest BCUT2D eigenvalue weighted by molar-refractivity contribution is 7.17. The number of carbonyl (C=O) groups excluding carboxylic acids is 2. The molecule has 1 aliphatic carbocycles. The highest BCUT2D eigenvalue weighted by Gasteiger charge is 2.23. The van der Waals surface area contributed by atoms with Gasteiger partial charge >= 0.3 is 0 Å². The maximum absolute atomic E-state index is 11.6. The molecule has 0 saturated heterocycles. The van der Waals surface area contributed by atoms with Gasteiger partial charge in [-0.25, -0.2) is 4.98 Å². The number of nitrogens with two attached hydrogens (primary N) is 1. The number of Topliss-reactive ketones (excluding diaryl/α,β-unsaturated/α-hetero) is 1. The van der Waals surface area contributed by atoms with Crippen LogP contribution in [0, 0.1) is 0 Å². The number of hydrogen-bond donors (Lipinski definition) is 2. The van der Waals surface area contributed by atoms with Crippen molar-refractivity contribution in [2.24, 2.45) is 5.73 Å². The van der Waals surface area contributed by atoms with Crippen molar-refractivity contribution in [3.63, 3.8) is 0 Å². The summed E-state index contributed by atoms with van der Waals surface area (Å²) in [7, 11) is 0. The molecule has 0 radical (unpaired) electrons. The molecule has 17 heavy (non-hydrogen) atoms. The summed E-state index contributed by atoms with van der Waals surface area (Å²) in [6.07, 6.45) is 2.82. The standard InChI is InChI=1S/C11H15N3O2S/c1-2-6(12)10(16)14-11-13-7-4-3-5-8(15)9(7)17-11/h6H,2-5,12H2,1H3,(H,13,14,16). The predicted molar refractivity (Wildman–Crippen MR) is 66.3 cm³/mol. The number of nitrogens with zero attached hydrogens (tertiary/aromatic N) is 1. The molecule has 0 saturated carbocycles. The first-order valence-electron chi connectivity index (χ1n) is 5.71. The molecule has 0 aliphatic heterocycles. The van der Waals surface area contributed by atoms with Gasteiger partial charge in [-0.05, 0) is 19.3 Å². The van der Waals surface area contributed by atoms with E-state index in [1.165, 1.54) is 11.3 Å². The molecule has 1 heterocycles. The number of ketones is 1. The van der Waals surface area contributed by atoms with E-state index in [2.05, 4.69) is 10.3 Å². The molecule has 6 heteroatoms. The van der Waals surface area contributed by atoms with Crippen molar-refractivity contribution in [3.8, 4) is 0 Å². The van der Waals surface area contributed by atoms with Crippen LogP contribution in [0.3, 0.4) is 0 Å². The molecule has 92 valence electrons. The fourth-order valence-corrected chi connectivity index (χ4v) is 2.69. The number of thiazole rings is 1. The molecule has 2 rings (SSSR count). The average Bonchev–Trinajstić information content (AvgIpc) is 2.72. The van der Waals surface area contributed by atoms with Crippen molar-refractivity contribution in [2.75, 3.05) is 5.32 Å². The van der Waals surface area contributed by atoms with Gasteiger partial charge in [-0.3, -0.25) is 9.59 Å². The summed E-state index contributed by atoms with van der Waals surface area (Å²) >= 11 is 1.25. The number of rotatable bonds is 3. The van der Waals surface area contributed by atoms with Crippen molar-refractivity contribution < 1.29 is 9.59 Å². The van der Waals surface area contributed by atoms with Gasteiger partial charge in [0.25, 0.3) is 0 Å². The summed E-state index contributed by atoms with van der Waals surface area (Å²) in [5.74, 6) is -0.116. The summed E-state index contributed by atoms with van der Waals surface area (Å²) in [4.78, 5) is 28.2. The van der Waals surface area contributed by atoms with E-state index in [9.17, 15) is 9.59 Å². The van der Waals surface area contributed by atoms with Crippen LogP contribution in [0.2, 0.25) is 0 Å². The Balaban J connectivity index is 2.13. The van der Waals surface area contributed by atoms with Crippen LogP contribution in [0.1, 0.15) is 41.6 Å². The zero-order chi connectivity index (χ0) is 12.4. The summed E-state index contributed by atoms with van der Waals surface area (Å²) < 4.78 is 0. The Morgan fingerprint density at radius 2 is 2.35 bits per heavy atom.